The van der Waals surface area contributed by atoms with Crippen molar-refractivity contribution in [2.45, 2.75) is 19.4 Å². The Morgan fingerprint density at radius 3 is 2.93 bits per heavy atom. The molecule has 1 atom stereocenters. The molecule has 0 spiro atoms. The summed E-state index contributed by atoms with van der Waals surface area (Å²) < 4.78 is 1.12. The fourth-order valence-corrected chi connectivity index (χ4v) is 1.93. The number of benzene rings is 1. The molecule has 3 N–H and O–H groups in total. The number of hydrazine groups is 1. The average Bonchev–Trinajstić information content (AvgIpc) is 2.19. The number of rotatable bonds is 4. The van der Waals surface area contributed by atoms with Crippen molar-refractivity contribution in [2.24, 2.45) is 5.84 Å². The maximum absolute atomic E-state index is 5.49. The molecule has 1 rings (SSSR count). The van der Waals surface area contributed by atoms with Crippen LogP contribution in [0.3, 0.4) is 0 Å². The Balaban J connectivity index is 3.03. The van der Waals surface area contributed by atoms with Crippen LogP contribution in [0.25, 0.3) is 0 Å². The van der Waals surface area contributed by atoms with Gasteiger partial charge >= 0.3 is 0 Å². The van der Waals surface area contributed by atoms with Crippen molar-refractivity contribution in [1.82, 2.24) is 5.43 Å². The molecule has 0 saturated heterocycles. The molecule has 1 aromatic rings. The van der Waals surface area contributed by atoms with Crippen LogP contribution in [-0.4, -0.2) is 0 Å². The van der Waals surface area contributed by atoms with Crippen LogP contribution in [0, 0.1) is 6.92 Å². The average molecular weight is 255 g/mol. The largest absolute Gasteiger partial charge is 0.271 e. The summed E-state index contributed by atoms with van der Waals surface area (Å²) in [6.07, 6.45) is 2.68. The summed E-state index contributed by atoms with van der Waals surface area (Å²) in [5.41, 5.74) is 5.17. The Hall–Kier alpha value is -0.640. The van der Waals surface area contributed by atoms with Gasteiger partial charge in [-0.05, 0) is 24.5 Å². The van der Waals surface area contributed by atoms with E-state index in [-0.39, 0.29) is 6.04 Å². The van der Waals surface area contributed by atoms with Crippen molar-refractivity contribution < 1.29 is 0 Å². The Morgan fingerprint density at radius 2 is 2.36 bits per heavy atom. The van der Waals surface area contributed by atoms with E-state index >= 15 is 0 Å². The smallest absolute Gasteiger partial charge is 0.0505 e. The number of aryl methyl sites for hydroxylation is 1. The molecule has 1 unspecified atom stereocenters. The van der Waals surface area contributed by atoms with Crippen LogP contribution in [0.15, 0.2) is 35.3 Å². The van der Waals surface area contributed by atoms with Gasteiger partial charge in [-0.2, -0.15) is 0 Å². The molecule has 0 saturated carbocycles. The van der Waals surface area contributed by atoms with Crippen molar-refractivity contribution in [3.63, 3.8) is 0 Å². The first-order valence-electron chi connectivity index (χ1n) is 4.52. The molecule has 0 amide bonds. The summed E-state index contributed by atoms with van der Waals surface area (Å²) in [5, 5.41) is 0. The molecular formula is C11H15BrN2. The van der Waals surface area contributed by atoms with Gasteiger partial charge in [-0.3, -0.25) is 11.3 Å². The Bertz CT molecular complexity index is 323. The highest BCUT2D eigenvalue weighted by atomic mass is 79.9. The molecule has 3 heteroatoms. The summed E-state index contributed by atoms with van der Waals surface area (Å²) >= 11 is 3.56. The molecule has 0 heterocycles. The quantitative estimate of drug-likeness (QED) is 0.493. The summed E-state index contributed by atoms with van der Waals surface area (Å²) in [6, 6.07) is 6.28. The van der Waals surface area contributed by atoms with E-state index < -0.39 is 0 Å². The van der Waals surface area contributed by atoms with Gasteiger partial charge in [0.2, 0.25) is 0 Å². The van der Waals surface area contributed by atoms with E-state index in [2.05, 4.69) is 47.0 Å². The molecule has 0 fully saturated rings. The fraction of sp³-hybridized carbons (Fsp3) is 0.273. The lowest BCUT2D eigenvalue weighted by Crippen LogP contribution is -2.27. The zero-order valence-electron chi connectivity index (χ0n) is 8.26. The standard InChI is InChI=1S/C11H15BrN2/c1-3-5-10(14-13)9-7-4-6-8(2)11(9)12/h3-4,6-7,10,14H,1,5,13H2,2H3. The van der Waals surface area contributed by atoms with Crippen molar-refractivity contribution in [2.75, 3.05) is 0 Å². The van der Waals surface area contributed by atoms with E-state index in [4.69, 9.17) is 5.84 Å². The van der Waals surface area contributed by atoms with Crippen molar-refractivity contribution in [3.05, 3.63) is 46.5 Å². The molecule has 14 heavy (non-hydrogen) atoms. The molecule has 1 aromatic carbocycles. The first-order chi connectivity index (χ1) is 6.70. The van der Waals surface area contributed by atoms with Crippen LogP contribution in [0.4, 0.5) is 0 Å². The predicted octanol–water partition coefficient (Wildman–Crippen LogP) is 2.84. The van der Waals surface area contributed by atoms with E-state index in [9.17, 15) is 0 Å². The molecule has 0 aliphatic heterocycles. The van der Waals surface area contributed by atoms with Gasteiger partial charge in [0.25, 0.3) is 0 Å². The van der Waals surface area contributed by atoms with Crippen LogP contribution in [0.1, 0.15) is 23.6 Å². The molecule has 2 nitrogen and oxygen atoms in total. The van der Waals surface area contributed by atoms with Crippen LogP contribution in [0.2, 0.25) is 0 Å². The van der Waals surface area contributed by atoms with Crippen molar-refractivity contribution in [3.8, 4) is 0 Å². The SMILES string of the molecule is C=CCC(NN)c1cccc(C)c1Br. The highest BCUT2D eigenvalue weighted by Gasteiger charge is 2.11. The highest BCUT2D eigenvalue weighted by Crippen LogP contribution is 2.27. The topological polar surface area (TPSA) is 38.0 Å². The number of hydrogen-bond acceptors (Lipinski definition) is 2. The molecule has 0 bridgehead atoms. The van der Waals surface area contributed by atoms with Crippen molar-refractivity contribution >= 4 is 15.9 Å². The predicted molar refractivity (Wildman–Crippen MR) is 63.8 cm³/mol. The fourth-order valence-electron chi connectivity index (χ4n) is 1.39. The molecule has 0 aliphatic rings. The summed E-state index contributed by atoms with van der Waals surface area (Å²) in [7, 11) is 0. The Morgan fingerprint density at radius 1 is 1.64 bits per heavy atom. The third kappa shape index (κ3) is 2.44. The third-order valence-electron chi connectivity index (χ3n) is 2.20. The minimum Gasteiger partial charge on any atom is -0.271 e. The van der Waals surface area contributed by atoms with Gasteiger partial charge in [0, 0.05) is 4.47 Å². The van der Waals surface area contributed by atoms with E-state index in [1.54, 1.807) is 0 Å². The van der Waals surface area contributed by atoms with E-state index in [1.165, 1.54) is 11.1 Å². The number of nitrogens with one attached hydrogen (secondary N) is 1. The van der Waals surface area contributed by atoms with Crippen molar-refractivity contribution in [1.29, 1.82) is 0 Å². The van der Waals surface area contributed by atoms with E-state index in [0.29, 0.717) is 0 Å². The number of hydrogen-bond donors (Lipinski definition) is 2. The zero-order chi connectivity index (χ0) is 10.6. The monoisotopic (exact) mass is 254 g/mol. The van der Waals surface area contributed by atoms with E-state index in [1.807, 2.05) is 12.1 Å². The Kier molecular flexibility index (Phi) is 4.32. The molecule has 0 aliphatic carbocycles. The van der Waals surface area contributed by atoms with Gasteiger partial charge in [-0.25, -0.2) is 0 Å². The van der Waals surface area contributed by atoms with Crippen LogP contribution in [-0.2, 0) is 0 Å². The second kappa shape index (κ2) is 5.29. The molecule has 0 aromatic heterocycles. The second-order valence-electron chi connectivity index (χ2n) is 3.22. The van der Waals surface area contributed by atoms with Gasteiger partial charge in [-0.1, -0.05) is 40.2 Å². The summed E-state index contributed by atoms with van der Waals surface area (Å²) in [5.74, 6) is 5.49. The van der Waals surface area contributed by atoms with Gasteiger partial charge in [0.05, 0.1) is 6.04 Å². The zero-order valence-corrected chi connectivity index (χ0v) is 9.84. The van der Waals surface area contributed by atoms with E-state index in [0.717, 1.165) is 10.9 Å². The lowest BCUT2D eigenvalue weighted by molar-refractivity contribution is 0.559. The lowest BCUT2D eigenvalue weighted by atomic mass is 10.0. The maximum atomic E-state index is 5.49. The summed E-state index contributed by atoms with van der Waals surface area (Å²) in [6.45, 7) is 5.78. The normalized spacial score (nSPS) is 12.5. The first-order valence-corrected chi connectivity index (χ1v) is 5.32. The molecule has 76 valence electrons. The lowest BCUT2D eigenvalue weighted by Gasteiger charge is -2.16. The minimum absolute atomic E-state index is 0.127. The first kappa shape index (κ1) is 11.4. The molecule has 0 radical (unpaired) electrons. The Labute approximate surface area is 93.3 Å². The van der Waals surface area contributed by atoms with Crippen LogP contribution >= 0.6 is 15.9 Å². The van der Waals surface area contributed by atoms with Gasteiger partial charge in [0.15, 0.2) is 0 Å². The van der Waals surface area contributed by atoms with Gasteiger partial charge in [0.1, 0.15) is 0 Å². The maximum Gasteiger partial charge on any atom is 0.0505 e. The van der Waals surface area contributed by atoms with Gasteiger partial charge in [-0.15, -0.1) is 6.58 Å². The minimum atomic E-state index is 0.127. The molecular weight excluding hydrogens is 240 g/mol. The van der Waals surface area contributed by atoms with Crippen LogP contribution < -0.4 is 11.3 Å². The number of nitrogens with two attached hydrogens (primary N) is 1. The van der Waals surface area contributed by atoms with Gasteiger partial charge < -0.3 is 0 Å². The number of halogens is 1. The van der Waals surface area contributed by atoms with Crippen LogP contribution in [0.5, 0.6) is 0 Å². The third-order valence-corrected chi connectivity index (χ3v) is 3.28. The second-order valence-corrected chi connectivity index (χ2v) is 4.01. The summed E-state index contributed by atoms with van der Waals surface area (Å²) in [4.78, 5) is 0. The highest BCUT2D eigenvalue weighted by molar-refractivity contribution is 9.10.